The molecule has 0 amide bonds. The Morgan fingerprint density at radius 2 is 2.11 bits per heavy atom. The number of piperidine rings is 1. The average molecular weight is 250 g/mol. The summed E-state index contributed by atoms with van der Waals surface area (Å²) in [6.45, 7) is 7.30. The highest BCUT2D eigenvalue weighted by Crippen LogP contribution is 2.33. The lowest BCUT2D eigenvalue weighted by Gasteiger charge is -2.42. The summed E-state index contributed by atoms with van der Waals surface area (Å²) in [5.41, 5.74) is 8.10. The molecule has 1 aromatic carbocycles. The molecule has 2 nitrogen and oxygen atoms in total. The molecule has 1 aliphatic heterocycles. The van der Waals surface area contributed by atoms with E-state index < -0.39 is 0 Å². The third kappa shape index (κ3) is 2.57. The number of nitrogens with two attached hydrogens (primary N) is 1. The Hall–Kier alpha value is -0.930. The molecule has 0 saturated carbocycles. The van der Waals surface area contributed by atoms with Crippen molar-refractivity contribution in [3.63, 3.8) is 0 Å². The summed E-state index contributed by atoms with van der Waals surface area (Å²) in [5.74, 6) is -0.131. The molecule has 1 fully saturated rings. The van der Waals surface area contributed by atoms with E-state index >= 15 is 0 Å². The second-order valence-electron chi connectivity index (χ2n) is 5.61. The Morgan fingerprint density at radius 1 is 1.39 bits per heavy atom. The summed E-state index contributed by atoms with van der Waals surface area (Å²) in [6.07, 6.45) is 2.07. The van der Waals surface area contributed by atoms with E-state index in [-0.39, 0.29) is 17.9 Å². The molecule has 2 rings (SSSR count). The standard InChI is InChI=1S/C15H23FN2/c1-10(2)18-8-4-5-14(17)15(18)12-9-11(3)6-7-13(12)16/h6-7,9-10,14-15H,4-5,8,17H2,1-3H3. The minimum absolute atomic E-state index is 0.0126. The Balaban J connectivity index is 2.40. The van der Waals surface area contributed by atoms with Gasteiger partial charge in [0.2, 0.25) is 0 Å². The summed E-state index contributed by atoms with van der Waals surface area (Å²) in [6, 6.07) is 5.75. The number of nitrogens with zero attached hydrogens (tertiary/aromatic N) is 1. The zero-order valence-electron chi connectivity index (χ0n) is 11.5. The molecule has 1 saturated heterocycles. The van der Waals surface area contributed by atoms with Crippen molar-refractivity contribution in [3.8, 4) is 0 Å². The highest BCUT2D eigenvalue weighted by atomic mass is 19.1. The van der Waals surface area contributed by atoms with Crippen LogP contribution < -0.4 is 5.73 Å². The van der Waals surface area contributed by atoms with Gasteiger partial charge in [-0.25, -0.2) is 4.39 Å². The second kappa shape index (κ2) is 5.37. The van der Waals surface area contributed by atoms with Crippen LogP contribution in [0.1, 0.15) is 43.9 Å². The van der Waals surface area contributed by atoms with Gasteiger partial charge in [0.25, 0.3) is 0 Å². The molecular formula is C15H23FN2. The van der Waals surface area contributed by atoms with Crippen LogP contribution in [0.4, 0.5) is 4.39 Å². The summed E-state index contributed by atoms with van der Waals surface area (Å²) in [4.78, 5) is 2.33. The van der Waals surface area contributed by atoms with Crippen LogP contribution in [-0.2, 0) is 0 Å². The maximum atomic E-state index is 14.1. The third-order valence-electron chi connectivity index (χ3n) is 3.85. The second-order valence-corrected chi connectivity index (χ2v) is 5.61. The number of rotatable bonds is 2. The molecule has 0 aliphatic carbocycles. The smallest absolute Gasteiger partial charge is 0.128 e. The maximum Gasteiger partial charge on any atom is 0.128 e. The monoisotopic (exact) mass is 250 g/mol. The summed E-state index contributed by atoms with van der Waals surface area (Å²) >= 11 is 0. The summed E-state index contributed by atoms with van der Waals surface area (Å²) < 4.78 is 14.1. The zero-order chi connectivity index (χ0) is 13.3. The van der Waals surface area contributed by atoms with E-state index in [1.165, 1.54) is 0 Å². The van der Waals surface area contributed by atoms with Gasteiger partial charge in [-0.1, -0.05) is 17.7 Å². The topological polar surface area (TPSA) is 29.3 Å². The van der Waals surface area contributed by atoms with Gasteiger partial charge in [0.1, 0.15) is 5.82 Å². The van der Waals surface area contributed by atoms with Gasteiger partial charge < -0.3 is 5.73 Å². The first-order chi connectivity index (χ1) is 8.50. The molecular weight excluding hydrogens is 227 g/mol. The lowest BCUT2D eigenvalue weighted by Crippen LogP contribution is -2.48. The highest BCUT2D eigenvalue weighted by Gasteiger charge is 2.33. The number of hydrogen-bond donors (Lipinski definition) is 1. The number of halogens is 1. The molecule has 2 N–H and O–H groups in total. The third-order valence-corrected chi connectivity index (χ3v) is 3.85. The van der Waals surface area contributed by atoms with E-state index in [4.69, 9.17) is 5.73 Å². The minimum Gasteiger partial charge on any atom is -0.326 e. The number of hydrogen-bond acceptors (Lipinski definition) is 2. The van der Waals surface area contributed by atoms with Gasteiger partial charge in [0.15, 0.2) is 0 Å². The van der Waals surface area contributed by atoms with Crippen molar-refractivity contribution < 1.29 is 4.39 Å². The van der Waals surface area contributed by atoms with Gasteiger partial charge in [-0.05, 0) is 46.2 Å². The molecule has 18 heavy (non-hydrogen) atoms. The van der Waals surface area contributed by atoms with Crippen LogP contribution in [0.15, 0.2) is 18.2 Å². The van der Waals surface area contributed by atoms with Gasteiger partial charge in [0, 0.05) is 17.6 Å². The van der Waals surface area contributed by atoms with Crippen molar-refractivity contribution in [2.75, 3.05) is 6.54 Å². The van der Waals surface area contributed by atoms with Gasteiger partial charge in [-0.2, -0.15) is 0 Å². The Morgan fingerprint density at radius 3 is 2.78 bits per heavy atom. The van der Waals surface area contributed by atoms with Crippen molar-refractivity contribution >= 4 is 0 Å². The normalized spacial score (nSPS) is 25.7. The van der Waals surface area contributed by atoms with Crippen LogP contribution >= 0.6 is 0 Å². The Kier molecular flexibility index (Phi) is 4.03. The molecule has 0 spiro atoms. The molecule has 1 heterocycles. The molecule has 1 aliphatic rings. The van der Waals surface area contributed by atoms with Crippen LogP contribution in [0.5, 0.6) is 0 Å². The van der Waals surface area contributed by atoms with Gasteiger partial charge in [0.05, 0.1) is 6.04 Å². The van der Waals surface area contributed by atoms with E-state index in [0.29, 0.717) is 6.04 Å². The van der Waals surface area contributed by atoms with E-state index in [9.17, 15) is 4.39 Å². The van der Waals surface area contributed by atoms with Crippen LogP contribution in [0.2, 0.25) is 0 Å². The van der Waals surface area contributed by atoms with Crippen molar-refractivity contribution in [1.29, 1.82) is 0 Å². The largest absolute Gasteiger partial charge is 0.326 e. The van der Waals surface area contributed by atoms with E-state index in [2.05, 4.69) is 18.7 Å². The molecule has 0 bridgehead atoms. The lowest BCUT2D eigenvalue weighted by atomic mass is 9.89. The minimum atomic E-state index is -0.131. The zero-order valence-corrected chi connectivity index (χ0v) is 11.5. The lowest BCUT2D eigenvalue weighted by molar-refractivity contribution is 0.0922. The summed E-state index contributed by atoms with van der Waals surface area (Å²) in [7, 11) is 0. The first-order valence-electron chi connectivity index (χ1n) is 6.78. The van der Waals surface area contributed by atoms with Crippen molar-refractivity contribution in [1.82, 2.24) is 4.90 Å². The number of likely N-dealkylation sites (tertiary alicyclic amines) is 1. The summed E-state index contributed by atoms with van der Waals surface area (Å²) in [5, 5.41) is 0. The first-order valence-corrected chi connectivity index (χ1v) is 6.78. The molecule has 3 heteroatoms. The highest BCUT2D eigenvalue weighted by molar-refractivity contribution is 5.28. The Labute approximate surface area is 109 Å². The molecule has 2 atom stereocenters. The predicted octanol–water partition coefficient (Wildman–Crippen LogP) is 3.01. The van der Waals surface area contributed by atoms with Gasteiger partial charge in [-0.3, -0.25) is 4.90 Å². The predicted molar refractivity (Wildman–Crippen MR) is 72.9 cm³/mol. The van der Waals surface area contributed by atoms with Crippen molar-refractivity contribution in [2.45, 2.75) is 51.7 Å². The van der Waals surface area contributed by atoms with Crippen LogP contribution in [0, 0.1) is 12.7 Å². The van der Waals surface area contributed by atoms with Crippen molar-refractivity contribution in [2.24, 2.45) is 5.73 Å². The van der Waals surface area contributed by atoms with Gasteiger partial charge in [-0.15, -0.1) is 0 Å². The van der Waals surface area contributed by atoms with Crippen LogP contribution in [0.3, 0.4) is 0 Å². The van der Waals surface area contributed by atoms with E-state index in [0.717, 1.165) is 30.5 Å². The molecule has 100 valence electrons. The fourth-order valence-corrected chi connectivity index (χ4v) is 2.93. The number of aryl methyl sites for hydroxylation is 1. The molecule has 0 aromatic heterocycles. The van der Waals surface area contributed by atoms with Crippen LogP contribution in [0.25, 0.3) is 0 Å². The quantitative estimate of drug-likeness (QED) is 0.874. The molecule has 1 aromatic rings. The molecule has 0 radical (unpaired) electrons. The average Bonchev–Trinajstić information content (AvgIpc) is 2.32. The fraction of sp³-hybridized carbons (Fsp3) is 0.600. The SMILES string of the molecule is Cc1ccc(F)c(C2C(N)CCCN2C(C)C)c1. The number of benzene rings is 1. The fourth-order valence-electron chi connectivity index (χ4n) is 2.93. The maximum absolute atomic E-state index is 14.1. The van der Waals surface area contributed by atoms with E-state index in [1.54, 1.807) is 6.07 Å². The molecule has 2 unspecified atom stereocenters. The van der Waals surface area contributed by atoms with Gasteiger partial charge >= 0.3 is 0 Å². The van der Waals surface area contributed by atoms with Crippen LogP contribution in [-0.4, -0.2) is 23.5 Å². The Bertz CT molecular complexity index is 417. The van der Waals surface area contributed by atoms with E-state index in [1.807, 2.05) is 19.1 Å². The first kappa shape index (κ1) is 13.5. The van der Waals surface area contributed by atoms with Crippen molar-refractivity contribution in [3.05, 3.63) is 35.1 Å².